The van der Waals surface area contributed by atoms with Crippen molar-refractivity contribution in [3.63, 3.8) is 0 Å². The number of ether oxygens (including phenoxy) is 1. The molecule has 0 spiro atoms. The maximum Gasteiger partial charge on any atom is 0.276 e. The Morgan fingerprint density at radius 3 is 3.17 bits per heavy atom. The first kappa shape index (κ1) is 14.7. The van der Waals surface area contributed by atoms with Crippen LogP contribution in [0.3, 0.4) is 0 Å². The molecular weight excluding hydrogens is 310 g/mol. The highest BCUT2D eigenvalue weighted by atomic mass is 16.5. The Labute approximate surface area is 138 Å². The Morgan fingerprint density at radius 1 is 1.42 bits per heavy atom. The zero-order chi connectivity index (χ0) is 16.7. The fourth-order valence-corrected chi connectivity index (χ4v) is 2.95. The molecule has 1 aromatic carbocycles. The number of likely N-dealkylation sites (N-methyl/N-ethyl adjacent to an activating group) is 1. The van der Waals surface area contributed by atoms with Crippen LogP contribution in [0.1, 0.15) is 21.7 Å². The third-order valence-electron chi connectivity index (χ3n) is 4.32. The number of nitrogens with one attached hydrogen (secondary N) is 3. The number of fused-ring (bicyclic) bond motifs is 2. The molecule has 0 bridgehead atoms. The van der Waals surface area contributed by atoms with Crippen LogP contribution in [0.5, 0.6) is 5.75 Å². The van der Waals surface area contributed by atoms with Crippen molar-refractivity contribution in [2.24, 2.45) is 0 Å². The summed E-state index contributed by atoms with van der Waals surface area (Å²) in [5.41, 5.74) is 3.53. The normalized spacial score (nSPS) is 16.2. The average molecular weight is 327 g/mol. The number of H-pyrrole nitrogens is 1. The lowest BCUT2D eigenvalue weighted by Gasteiger charge is -2.26. The number of aromatic amines is 1. The standard InChI is InChI=1S/C16H17N5O3/c1-21-12-6-9(2-3-13(12)24-8-14(21)22)18-16(23)15-10-7-17-5-4-11(10)19-20-15/h2-3,6,17H,4-5,7-8H2,1H3,(H,18,23)(H,19,20). The van der Waals surface area contributed by atoms with Crippen LogP contribution < -0.4 is 20.3 Å². The van der Waals surface area contributed by atoms with Gasteiger partial charge in [0, 0.05) is 43.5 Å². The third-order valence-corrected chi connectivity index (χ3v) is 4.32. The molecule has 0 unspecified atom stereocenters. The molecule has 0 fully saturated rings. The van der Waals surface area contributed by atoms with Gasteiger partial charge in [-0.3, -0.25) is 14.7 Å². The van der Waals surface area contributed by atoms with Gasteiger partial charge in [0.25, 0.3) is 11.8 Å². The summed E-state index contributed by atoms with van der Waals surface area (Å²) in [4.78, 5) is 25.8. The highest BCUT2D eigenvalue weighted by Gasteiger charge is 2.24. The van der Waals surface area contributed by atoms with E-state index in [1.54, 1.807) is 25.2 Å². The van der Waals surface area contributed by atoms with E-state index < -0.39 is 0 Å². The highest BCUT2D eigenvalue weighted by molar-refractivity contribution is 6.05. The summed E-state index contributed by atoms with van der Waals surface area (Å²) in [5.74, 6) is 0.219. The molecule has 0 aliphatic carbocycles. The highest BCUT2D eigenvalue weighted by Crippen LogP contribution is 2.33. The van der Waals surface area contributed by atoms with E-state index in [0.717, 1.165) is 24.2 Å². The summed E-state index contributed by atoms with van der Waals surface area (Å²) in [5, 5.41) is 13.1. The Kier molecular flexibility index (Phi) is 3.46. The van der Waals surface area contributed by atoms with Crippen LogP contribution in [-0.4, -0.2) is 42.2 Å². The van der Waals surface area contributed by atoms with E-state index in [9.17, 15) is 9.59 Å². The van der Waals surface area contributed by atoms with Gasteiger partial charge < -0.3 is 20.3 Å². The SMILES string of the molecule is CN1C(=O)COc2ccc(NC(=O)c3n[nH]c4c3CNCC4)cc21. The predicted octanol–water partition coefficient (Wildman–Crippen LogP) is 0.663. The molecule has 8 heteroatoms. The van der Waals surface area contributed by atoms with Gasteiger partial charge in [-0.2, -0.15) is 5.10 Å². The number of anilines is 2. The number of carbonyl (C=O) groups is 2. The third kappa shape index (κ3) is 2.41. The van der Waals surface area contributed by atoms with Gasteiger partial charge >= 0.3 is 0 Å². The zero-order valence-corrected chi connectivity index (χ0v) is 13.2. The lowest BCUT2D eigenvalue weighted by atomic mass is 10.1. The monoisotopic (exact) mass is 327 g/mol. The molecular formula is C16H17N5O3. The minimum absolute atomic E-state index is 0.0294. The van der Waals surface area contributed by atoms with Gasteiger partial charge in [0.05, 0.1) is 5.69 Å². The molecule has 0 atom stereocenters. The molecule has 3 heterocycles. The minimum atomic E-state index is -0.276. The second kappa shape index (κ2) is 5.64. The van der Waals surface area contributed by atoms with Gasteiger partial charge in [0.2, 0.25) is 0 Å². The number of nitrogens with zero attached hydrogens (tertiary/aromatic N) is 2. The fourth-order valence-electron chi connectivity index (χ4n) is 2.95. The molecule has 3 N–H and O–H groups in total. The second-order valence-electron chi connectivity index (χ2n) is 5.83. The van der Waals surface area contributed by atoms with Crippen molar-refractivity contribution in [1.82, 2.24) is 15.5 Å². The van der Waals surface area contributed by atoms with Crippen LogP contribution in [0, 0.1) is 0 Å². The molecule has 124 valence electrons. The van der Waals surface area contributed by atoms with Gasteiger partial charge in [0.1, 0.15) is 5.75 Å². The summed E-state index contributed by atoms with van der Waals surface area (Å²) in [6.07, 6.45) is 0.832. The van der Waals surface area contributed by atoms with Crippen molar-refractivity contribution in [3.8, 4) is 5.75 Å². The van der Waals surface area contributed by atoms with Crippen molar-refractivity contribution >= 4 is 23.2 Å². The number of carbonyl (C=O) groups excluding carboxylic acids is 2. The predicted molar refractivity (Wildman–Crippen MR) is 87.3 cm³/mol. The van der Waals surface area contributed by atoms with Crippen LogP contribution in [0.4, 0.5) is 11.4 Å². The molecule has 4 rings (SSSR count). The summed E-state index contributed by atoms with van der Waals surface area (Å²) >= 11 is 0. The first-order valence-electron chi connectivity index (χ1n) is 7.75. The lowest BCUT2D eigenvalue weighted by Crippen LogP contribution is -2.35. The number of hydrogen-bond acceptors (Lipinski definition) is 5. The number of amides is 2. The van der Waals surface area contributed by atoms with Crippen LogP contribution in [0.15, 0.2) is 18.2 Å². The van der Waals surface area contributed by atoms with E-state index in [0.29, 0.717) is 29.4 Å². The van der Waals surface area contributed by atoms with E-state index in [2.05, 4.69) is 20.8 Å². The van der Waals surface area contributed by atoms with Crippen LogP contribution >= 0.6 is 0 Å². The number of aromatic nitrogens is 2. The van der Waals surface area contributed by atoms with Crippen LogP contribution in [-0.2, 0) is 17.8 Å². The summed E-state index contributed by atoms with van der Waals surface area (Å²) < 4.78 is 5.38. The lowest BCUT2D eigenvalue weighted by molar-refractivity contribution is -0.120. The number of hydrogen-bond donors (Lipinski definition) is 3. The van der Waals surface area contributed by atoms with E-state index in [4.69, 9.17) is 4.74 Å². The molecule has 0 saturated heterocycles. The zero-order valence-electron chi connectivity index (χ0n) is 13.2. The maximum absolute atomic E-state index is 12.5. The smallest absolute Gasteiger partial charge is 0.276 e. The Bertz CT molecular complexity index is 829. The van der Waals surface area contributed by atoms with Crippen molar-refractivity contribution in [2.75, 3.05) is 30.4 Å². The Hall–Kier alpha value is -2.87. The van der Waals surface area contributed by atoms with Crippen molar-refractivity contribution in [3.05, 3.63) is 35.2 Å². The summed E-state index contributed by atoms with van der Waals surface area (Å²) in [6.45, 7) is 1.53. The molecule has 1 aromatic heterocycles. The average Bonchev–Trinajstić information content (AvgIpc) is 3.03. The van der Waals surface area contributed by atoms with Crippen LogP contribution in [0.25, 0.3) is 0 Å². The Morgan fingerprint density at radius 2 is 2.29 bits per heavy atom. The molecule has 2 aliphatic heterocycles. The molecule has 0 saturated carbocycles. The van der Waals surface area contributed by atoms with Gasteiger partial charge in [-0.1, -0.05) is 0 Å². The Balaban J connectivity index is 1.58. The largest absolute Gasteiger partial charge is 0.482 e. The van der Waals surface area contributed by atoms with E-state index in [1.165, 1.54) is 4.90 Å². The molecule has 24 heavy (non-hydrogen) atoms. The first-order chi connectivity index (χ1) is 11.6. The maximum atomic E-state index is 12.5. The van der Waals surface area contributed by atoms with Gasteiger partial charge in [-0.25, -0.2) is 0 Å². The molecule has 8 nitrogen and oxygen atoms in total. The molecule has 0 radical (unpaired) electrons. The summed E-state index contributed by atoms with van der Waals surface area (Å²) in [6, 6.07) is 5.22. The number of benzene rings is 1. The van der Waals surface area contributed by atoms with Gasteiger partial charge in [-0.15, -0.1) is 0 Å². The van der Waals surface area contributed by atoms with E-state index in [-0.39, 0.29) is 18.4 Å². The molecule has 2 amide bonds. The van der Waals surface area contributed by atoms with Gasteiger partial charge in [0.15, 0.2) is 12.3 Å². The first-order valence-corrected chi connectivity index (χ1v) is 7.75. The van der Waals surface area contributed by atoms with Crippen molar-refractivity contribution in [1.29, 1.82) is 0 Å². The van der Waals surface area contributed by atoms with Crippen LogP contribution in [0.2, 0.25) is 0 Å². The summed E-state index contributed by atoms with van der Waals surface area (Å²) in [7, 11) is 1.69. The fraction of sp³-hybridized carbons (Fsp3) is 0.312. The van der Waals surface area contributed by atoms with Crippen molar-refractivity contribution < 1.29 is 14.3 Å². The topological polar surface area (TPSA) is 99.3 Å². The van der Waals surface area contributed by atoms with Crippen molar-refractivity contribution in [2.45, 2.75) is 13.0 Å². The van der Waals surface area contributed by atoms with E-state index >= 15 is 0 Å². The van der Waals surface area contributed by atoms with E-state index in [1.807, 2.05) is 0 Å². The quantitative estimate of drug-likeness (QED) is 0.753. The minimum Gasteiger partial charge on any atom is -0.482 e. The molecule has 2 aromatic rings. The van der Waals surface area contributed by atoms with Gasteiger partial charge in [-0.05, 0) is 18.2 Å². The second-order valence-corrected chi connectivity index (χ2v) is 5.83. The number of rotatable bonds is 2. The molecule has 2 aliphatic rings.